The first-order chi connectivity index (χ1) is 9.24. The van der Waals surface area contributed by atoms with Crippen LogP contribution < -0.4 is 10.6 Å². The SMILES string of the molecule is CC1CCCN1c1ncc(-c2cncc(N)n2)cn1. The molecule has 3 rings (SSSR count). The Balaban J connectivity index is 1.86. The zero-order chi connectivity index (χ0) is 13.2. The highest BCUT2D eigenvalue weighted by Crippen LogP contribution is 2.23. The van der Waals surface area contributed by atoms with Gasteiger partial charge in [-0.3, -0.25) is 4.98 Å². The lowest BCUT2D eigenvalue weighted by molar-refractivity contribution is 0.717. The zero-order valence-corrected chi connectivity index (χ0v) is 10.8. The molecule has 1 fully saturated rings. The van der Waals surface area contributed by atoms with Crippen molar-refractivity contribution in [1.82, 2.24) is 19.9 Å². The summed E-state index contributed by atoms with van der Waals surface area (Å²) < 4.78 is 0. The average Bonchev–Trinajstić information content (AvgIpc) is 2.85. The third kappa shape index (κ3) is 2.33. The Kier molecular flexibility index (Phi) is 2.98. The van der Waals surface area contributed by atoms with Crippen LogP contribution >= 0.6 is 0 Å². The average molecular weight is 256 g/mol. The van der Waals surface area contributed by atoms with Crippen LogP contribution in [-0.2, 0) is 0 Å². The number of hydrogen-bond donors (Lipinski definition) is 1. The fraction of sp³-hybridized carbons (Fsp3) is 0.385. The molecule has 1 aliphatic heterocycles. The van der Waals surface area contributed by atoms with Gasteiger partial charge in [-0.25, -0.2) is 15.0 Å². The molecule has 0 radical (unpaired) electrons. The molecule has 2 N–H and O–H groups in total. The Labute approximate surface area is 111 Å². The molecule has 6 nitrogen and oxygen atoms in total. The maximum atomic E-state index is 5.62. The molecule has 0 bridgehead atoms. The van der Waals surface area contributed by atoms with Gasteiger partial charge in [0.1, 0.15) is 5.82 Å². The number of aromatic nitrogens is 4. The first kappa shape index (κ1) is 11.8. The molecule has 6 heteroatoms. The quantitative estimate of drug-likeness (QED) is 0.877. The Hall–Kier alpha value is -2.24. The van der Waals surface area contributed by atoms with Crippen molar-refractivity contribution in [1.29, 1.82) is 0 Å². The standard InChI is InChI=1S/C13H16N6/c1-9-3-2-4-19(9)13-16-5-10(6-17-13)11-7-15-8-12(14)18-11/h5-9H,2-4H2,1H3,(H2,14,18). The van der Waals surface area contributed by atoms with E-state index in [9.17, 15) is 0 Å². The molecule has 1 saturated heterocycles. The van der Waals surface area contributed by atoms with Gasteiger partial charge in [-0.05, 0) is 19.8 Å². The Bertz CT molecular complexity index is 568. The van der Waals surface area contributed by atoms with Crippen LogP contribution in [0.5, 0.6) is 0 Å². The minimum atomic E-state index is 0.398. The first-order valence-corrected chi connectivity index (χ1v) is 6.40. The van der Waals surface area contributed by atoms with Crippen molar-refractivity contribution in [2.75, 3.05) is 17.2 Å². The van der Waals surface area contributed by atoms with Crippen LogP contribution in [0.4, 0.5) is 11.8 Å². The number of nitrogens with zero attached hydrogens (tertiary/aromatic N) is 5. The lowest BCUT2D eigenvalue weighted by Crippen LogP contribution is -2.28. The maximum absolute atomic E-state index is 5.62. The van der Waals surface area contributed by atoms with E-state index in [1.165, 1.54) is 19.0 Å². The van der Waals surface area contributed by atoms with E-state index in [4.69, 9.17) is 5.73 Å². The normalized spacial score (nSPS) is 18.8. The van der Waals surface area contributed by atoms with Crippen molar-refractivity contribution in [3.8, 4) is 11.3 Å². The van der Waals surface area contributed by atoms with Crippen molar-refractivity contribution >= 4 is 11.8 Å². The smallest absolute Gasteiger partial charge is 0.225 e. The van der Waals surface area contributed by atoms with Crippen molar-refractivity contribution in [3.63, 3.8) is 0 Å². The van der Waals surface area contributed by atoms with Crippen LogP contribution in [-0.4, -0.2) is 32.5 Å². The number of hydrogen-bond acceptors (Lipinski definition) is 6. The van der Waals surface area contributed by atoms with E-state index < -0.39 is 0 Å². The van der Waals surface area contributed by atoms with Gasteiger partial charge in [0.2, 0.25) is 5.95 Å². The number of anilines is 2. The molecular formula is C13H16N6. The summed E-state index contributed by atoms with van der Waals surface area (Å²) in [5.74, 6) is 1.18. The number of rotatable bonds is 2. The zero-order valence-electron chi connectivity index (χ0n) is 10.8. The van der Waals surface area contributed by atoms with Crippen LogP contribution in [0.3, 0.4) is 0 Å². The highest BCUT2D eigenvalue weighted by atomic mass is 15.3. The van der Waals surface area contributed by atoms with Crippen LogP contribution in [0.2, 0.25) is 0 Å². The maximum Gasteiger partial charge on any atom is 0.225 e. The van der Waals surface area contributed by atoms with Gasteiger partial charge in [-0.1, -0.05) is 0 Å². The van der Waals surface area contributed by atoms with E-state index >= 15 is 0 Å². The fourth-order valence-electron chi connectivity index (χ4n) is 2.35. The van der Waals surface area contributed by atoms with Crippen molar-refractivity contribution < 1.29 is 0 Å². The van der Waals surface area contributed by atoms with Gasteiger partial charge in [-0.15, -0.1) is 0 Å². The second kappa shape index (κ2) is 4.79. The minimum Gasteiger partial charge on any atom is -0.382 e. The summed E-state index contributed by atoms with van der Waals surface area (Å²) in [5.41, 5.74) is 7.15. The topological polar surface area (TPSA) is 80.8 Å². The number of nitrogens with two attached hydrogens (primary N) is 1. The van der Waals surface area contributed by atoms with Gasteiger partial charge in [0.25, 0.3) is 0 Å². The third-order valence-corrected chi connectivity index (χ3v) is 3.40. The number of nitrogen functional groups attached to an aromatic ring is 1. The molecule has 0 amide bonds. The van der Waals surface area contributed by atoms with Crippen molar-refractivity contribution in [2.24, 2.45) is 0 Å². The van der Waals surface area contributed by atoms with Gasteiger partial charge in [0, 0.05) is 30.5 Å². The summed E-state index contributed by atoms with van der Waals surface area (Å²) in [7, 11) is 0. The predicted octanol–water partition coefficient (Wildman–Crippen LogP) is 1.50. The molecule has 2 aromatic heterocycles. The van der Waals surface area contributed by atoms with Gasteiger partial charge >= 0.3 is 0 Å². The summed E-state index contributed by atoms with van der Waals surface area (Å²) in [6, 6.07) is 0.512. The Morgan fingerprint density at radius 2 is 2.00 bits per heavy atom. The second-order valence-corrected chi connectivity index (χ2v) is 4.79. The summed E-state index contributed by atoms with van der Waals surface area (Å²) >= 11 is 0. The van der Waals surface area contributed by atoms with E-state index in [0.717, 1.165) is 18.1 Å². The first-order valence-electron chi connectivity index (χ1n) is 6.40. The van der Waals surface area contributed by atoms with Crippen molar-refractivity contribution in [3.05, 3.63) is 24.8 Å². The van der Waals surface area contributed by atoms with E-state index in [-0.39, 0.29) is 0 Å². The van der Waals surface area contributed by atoms with Gasteiger partial charge in [0.05, 0.1) is 18.1 Å². The van der Waals surface area contributed by atoms with Gasteiger partial charge < -0.3 is 10.6 Å². The summed E-state index contributed by atoms with van der Waals surface area (Å²) in [5, 5.41) is 0. The molecule has 1 unspecified atom stereocenters. The summed E-state index contributed by atoms with van der Waals surface area (Å²) in [6.45, 7) is 3.23. The molecule has 0 saturated carbocycles. The monoisotopic (exact) mass is 256 g/mol. The summed E-state index contributed by atoms with van der Waals surface area (Å²) in [6.07, 6.45) is 9.13. The van der Waals surface area contributed by atoms with E-state index in [2.05, 4.69) is 31.8 Å². The van der Waals surface area contributed by atoms with Crippen LogP contribution in [0.1, 0.15) is 19.8 Å². The molecule has 1 aliphatic rings. The molecule has 2 aromatic rings. The lowest BCUT2D eigenvalue weighted by Gasteiger charge is -2.20. The summed E-state index contributed by atoms with van der Waals surface area (Å²) in [4.78, 5) is 19.3. The largest absolute Gasteiger partial charge is 0.382 e. The molecule has 19 heavy (non-hydrogen) atoms. The van der Waals surface area contributed by atoms with Crippen molar-refractivity contribution in [2.45, 2.75) is 25.8 Å². The minimum absolute atomic E-state index is 0.398. The van der Waals surface area contributed by atoms with Gasteiger partial charge in [-0.2, -0.15) is 0 Å². The molecule has 1 atom stereocenters. The van der Waals surface area contributed by atoms with E-state index in [0.29, 0.717) is 17.6 Å². The Morgan fingerprint density at radius 1 is 1.21 bits per heavy atom. The third-order valence-electron chi connectivity index (χ3n) is 3.40. The molecule has 0 aromatic carbocycles. The Morgan fingerprint density at radius 3 is 2.63 bits per heavy atom. The lowest BCUT2D eigenvalue weighted by atomic mass is 10.2. The van der Waals surface area contributed by atoms with E-state index in [1.54, 1.807) is 18.6 Å². The highest BCUT2D eigenvalue weighted by Gasteiger charge is 2.22. The van der Waals surface area contributed by atoms with Gasteiger partial charge in [0.15, 0.2) is 0 Å². The van der Waals surface area contributed by atoms with Crippen LogP contribution in [0.15, 0.2) is 24.8 Å². The molecule has 0 spiro atoms. The van der Waals surface area contributed by atoms with Crippen LogP contribution in [0.25, 0.3) is 11.3 Å². The second-order valence-electron chi connectivity index (χ2n) is 4.79. The molecule has 3 heterocycles. The van der Waals surface area contributed by atoms with E-state index in [1.807, 2.05) is 0 Å². The predicted molar refractivity (Wildman–Crippen MR) is 73.5 cm³/mol. The molecule has 98 valence electrons. The molecular weight excluding hydrogens is 240 g/mol. The fourth-order valence-corrected chi connectivity index (χ4v) is 2.35. The van der Waals surface area contributed by atoms with Crippen LogP contribution in [0, 0.1) is 0 Å². The highest BCUT2D eigenvalue weighted by molar-refractivity contribution is 5.58. The molecule has 0 aliphatic carbocycles.